The van der Waals surface area contributed by atoms with Crippen LogP contribution in [0.3, 0.4) is 0 Å². The number of carbonyl (C=O) groups is 3. The van der Waals surface area contributed by atoms with Crippen LogP contribution in [0.4, 0.5) is 0 Å². The molecule has 2 fully saturated rings. The second-order valence-corrected chi connectivity index (χ2v) is 9.89. The third-order valence-corrected chi connectivity index (χ3v) is 7.55. The number of piperidine rings is 1. The number of benzene rings is 1. The molecular formula is C27H29N5O4. The van der Waals surface area contributed by atoms with Gasteiger partial charge in [0.25, 0.3) is 5.91 Å². The lowest BCUT2D eigenvalue weighted by Gasteiger charge is -2.29. The van der Waals surface area contributed by atoms with Crippen molar-refractivity contribution in [3.63, 3.8) is 0 Å². The largest absolute Gasteiger partial charge is 0.395 e. The normalized spacial score (nSPS) is 20.4. The molecule has 186 valence electrons. The number of hydrogen-bond donors (Lipinski definition) is 2. The molecule has 9 nitrogen and oxygen atoms in total. The van der Waals surface area contributed by atoms with Gasteiger partial charge in [0.2, 0.25) is 11.8 Å². The van der Waals surface area contributed by atoms with Crippen LogP contribution in [0.2, 0.25) is 0 Å². The molecule has 5 heterocycles. The molecule has 6 rings (SSSR count). The highest BCUT2D eigenvalue weighted by molar-refractivity contribution is 6.05. The molecule has 1 atom stereocenters. The van der Waals surface area contributed by atoms with Crippen LogP contribution < -0.4 is 5.32 Å². The number of aliphatic hydroxyl groups is 1. The summed E-state index contributed by atoms with van der Waals surface area (Å²) >= 11 is 0. The van der Waals surface area contributed by atoms with Crippen LogP contribution in [-0.2, 0) is 29.2 Å². The molecule has 0 radical (unpaired) electrons. The third kappa shape index (κ3) is 3.98. The molecule has 0 saturated carbocycles. The Kier molecular flexibility index (Phi) is 5.81. The summed E-state index contributed by atoms with van der Waals surface area (Å²) in [6, 6.07) is 9.23. The van der Waals surface area contributed by atoms with Gasteiger partial charge in [0, 0.05) is 43.4 Å². The molecule has 1 aromatic carbocycles. The Balaban J connectivity index is 1.34. The van der Waals surface area contributed by atoms with Gasteiger partial charge in [-0.1, -0.05) is 6.07 Å². The van der Waals surface area contributed by atoms with Crippen LogP contribution in [-0.4, -0.2) is 67.9 Å². The molecule has 2 saturated heterocycles. The van der Waals surface area contributed by atoms with Gasteiger partial charge in [-0.15, -0.1) is 0 Å². The molecule has 0 aliphatic carbocycles. The van der Waals surface area contributed by atoms with Gasteiger partial charge >= 0.3 is 0 Å². The van der Waals surface area contributed by atoms with Crippen molar-refractivity contribution in [3.05, 3.63) is 53.2 Å². The second-order valence-electron chi connectivity index (χ2n) is 9.89. The molecule has 3 aliphatic rings. The maximum Gasteiger partial charge on any atom is 0.255 e. The van der Waals surface area contributed by atoms with E-state index in [4.69, 9.17) is 4.98 Å². The molecule has 9 heteroatoms. The summed E-state index contributed by atoms with van der Waals surface area (Å²) in [5, 5.41) is 11.9. The molecule has 0 spiro atoms. The van der Waals surface area contributed by atoms with Gasteiger partial charge in [-0.05, 0) is 67.7 Å². The fourth-order valence-corrected chi connectivity index (χ4v) is 5.77. The molecule has 36 heavy (non-hydrogen) atoms. The van der Waals surface area contributed by atoms with E-state index in [0.717, 1.165) is 47.5 Å². The summed E-state index contributed by atoms with van der Waals surface area (Å²) in [5.74, 6) is -0.870. The predicted molar refractivity (Wildman–Crippen MR) is 133 cm³/mol. The van der Waals surface area contributed by atoms with Crippen LogP contribution in [0, 0.1) is 0 Å². The number of amides is 3. The minimum Gasteiger partial charge on any atom is -0.395 e. The van der Waals surface area contributed by atoms with Crippen molar-refractivity contribution in [1.82, 2.24) is 24.7 Å². The number of carbonyl (C=O) groups excluding carboxylic acids is 3. The third-order valence-electron chi connectivity index (χ3n) is 7.55. The van der Waals surface area contributed by atoms with Gasteiger partial charge < -0.3 is 14.6 Å². The van der Waals surface area contributed by atoms with Gasteiger partial charge in [0.15, 0.2) is 0 Å². The van der Waals surface area contributed by atoms with E-state index in [9.17, 15) is 19.5 Å². The highest BCUT2D eigenvalue weighted by Gasteiger charge is 2.39. The number of nitrogens with one attached hydrogen (secondary N) is 1. The lowest BCUT2D eigenvalue weighted by molar-refractivity contribution is -0.136. The number of hydrogen-bond acceptors (Lipinski definition) is 6. The Morgan fingerprint density at radius 3 is 2.69 bits per heavy atom. The Hall–Kier alpha value is -3.56. The Bertz CT molecular complexity index is 1370. The van der Waals surface area contributed by atoms with Crippen molar-refractivity contribution in [3.8, 4) is 11.3 Å². The summed E-state index contributed by atoms with van der Waals surface area (Å²) in [4.78, 5) is 45.9. The van der Waals surface area contributed by atoms with Crippen LogP contribution in [0.25, 0.3) is 22.3 Å². The Morgan fingerprint density at radius 1 is 1.08 bits per heavy atom. The smallest absolute Gasteiger partial charge is 0.255 e. The molecule has 1 unspecified atom stereocenters. The van der Waals surface area contributed by atoms with Gasteiger partial charge in [0.05, 0.1) is 23.3 Å². The number of fused-ring (bicyclic) bond motifs is 2. The Morgan fingerprint density at radius 2 is 1.92 bits per heavy atom. The summed E-state index contributed by atoms with van der Waals surface area (Å²) < 4.78 is 2.07. The number of likely N-dealkylation sites (tertiary alicyclic amines) is 1. The fraction of sp³-hybridized carbons (Fsp3) is 0.407. The molecule has 2 aromatic heterocycles. The van der Waals surface area contributed by atoms with Crippen molar-refractivity contribution in [2.75, 3.05) is 19.7 Å². The van der Waals surface area contributed by atoms with Gasteiger partial charge in [-0.25, -0.2) is 4.98 Å². The summed E-state index contributed by atoms with van der Waals surface area (Å²) in [5.41, 5.74) is 6.34. The number of pyridine rings is 1. The van der Waals surface area contributed by atoms with Gasteiger partial charge in [-0.2, -0.15) is 0 Å². The monoisotopic (exact) mass is 487 g/mol. The maximum absolute atomic E-state index is 13.1. The molecule has 3 aromatic rings. The first-order valence-electron chi connectivity index (χ1n) is 12.6. The summed E-state index contributed by atoms with van der Waals surface area (Å²) in [6.45, 7) is 3.91. The van der Waals surface area contributed by atoms with Crippen LogP contribution >= 0.6 is 0 Å². The maximum atomic E-state index is 13.1. The van der Waals surface area contributed by atoms with E-state index in [1.54, 1.807) is 4.90 Å². The van der Waals surface area contributed by atoms with Gasteiger partial charge in [0.1, 0.15) is 6.04 Å². The highest BCUT2D eigenvalue weighted by atomic mass is 16.3. The van der Waals surface area contributed by atoms with E-state index in [2.05, 4.69) is 20.9 Å². The summed E-state index contributed by atoms with van der Waals surface area (Å²) in [7, 11) is 0. The Labute approximate surface area is 208 Å². The first-order valence-corrected chi connectivity index (χ1v) is 12.6. The van der Waals surface area contributed by atoms with E-state index in [0.29, 0.717) is 25.1 Å². The number of nitrogens with zero attached hydrogens (tertiary/aromatic N) is 4. The minimum atomic E-state index is -0.626. The van der Waals surface area contributed by atoms with E-state index in [1.807, 2.05) is 30.5 Å². The molecule has 3 aliphatic heterocycles. The molecule has 3 amide bonds. The SMILES string of the molecule is O=C1CCC(N2Cc3cc(-c4cc(CN5CCCC5)c5c(ccn5CCO)n4)ccc3C2=O)C(=O)N1. The van der Waals surface area contributed by atoms with Crippen LogP contribution in [0.1, 0.15) is 47.2 Å². The number of aliphatic hydroxyl groups excluding tert-OH is 1. The quantitative estimate of drug-likeness (QED) is 0.516. The van der Waals surface area contributed by atoms with Crippen LogP contribution in [0.15, 0.2) is 36.5 Å². The average Bonchev–Trinajstić information content (AvgIpc) is 3.59. The second kappa shape index (κ2) is 9.15. The topological polar surface area (TPSA) is 108 Å². The molecular weight excluding hydrogens is 458 g/mol. The van der Waals surface area contributed by atoms with E-state index >= 15 is 0 Å². The van der Waals surface area contributed by atoms with Crippen molar-refractivity contribution >= 4 is 28.8 Å². The van der Waals surface area contributed by atoms with Crippen molar-refractivity contribution in [1.29, 1.82) is 0 Å². The first kappa shape index (κ1) is 22.9. The van der Waals surface area contributed by atoms with E-state index < -0.39 is 11.9 Å². The zero-order valence-electron chi connectivity index (χ0n) is 20.1. The number of rotatable bonds is 6. The van der Waals surface area contributed by atoms with Crippen molar-refractivity contribution in [2.45, 2.75) is 51.4 Å². The zero-order chi connectivity index (χ0) is 24.8. The van der Waals surface area contributed by atoms with Gasteiger partial charge in [-0.3, -0.25) is 24.6 Å². The number of imide groups is 1. The molecule has 0 bridgehead atoms. The molecule has 2 N–H and O–H groups in total. The van der Waals surface area contributed by atoms with Crippen LogP contribution in [0.5, 0.6) is 0 Å². The minimum absolute atomic E-state index is 0.0667. The van der Waals surface area contributed by atoms with E-state index in [-0.39, 0.29) is 24.8 Å². The lowest BCUT2D eigenvalue weighted by atomic mass is 10.0. The first-order chi connectivity index (χ1) is 17.5. The van der Waals surface area contributed by atoms with E-state index in [1.165, 1.54) is 18.4 Å². The van der Waals surface area contributed by atoms with Crippen molar-refractivity contribution in [2.24, 2.45) is 0 Å². The summed E-state index contributed by atoms with van der Waals surface area (Å²) in [6.07, 6.45) is 4.98. The lowest BCUT2D eigenvalue weighted by Crippen LogP contribution is -2.52. The highest BCUT2D eigenvalue weighted by Crippen LogP contribution is 2.33. The number of aromatic nitrogens is 2. The average molecular weight is 488 g/mol. The fourth-order valence-electron chi connectivity index (χ4n) is 5.77. The standard InChI is InChI=1S/C27H29N5O4/c33-12-11-31-10-7-21-25(31)19(15-30-8-1-2-9-30)14-22(28-21)17-3-4-20-18(13-17)16-32(27(20)36)23-5-6-24(34)29-26(23)35/h3-4,7,10,13-14,23,33H,1-2,5-6,8-9,11-12,15-16H2,(H,29,34,35). The zero-order valence-corrected chi connectivity index (χ0v) is 20.1. The predicted octanol–water partition coefficient (Wildman–Crippen LogP) is 2.05. The van der Waals surface area contributed by atoms with Crippen molar-refractivity contribution < 1.29 is 19.5 Å².